The van der Waals surface area contributed by atoms with E-state index in [1.54, 1.807) is 13.2 Å². The predicted molar refractivity (Wildman–Crippen MR) is 87.1 cm³/mol. The molecule has 5 nitrogen and oxygen atoms in total. The summed E-state index contributed by atoms with van der Waals surface area (Å²) in [5.41, 5.74) is 2.85. The molecule has 0 aliphatic carbocycles. The summed E-state index contributed by atoms with van der Waals surface area (Å²) in [4.78, 5) is 11.7. The first-order chi connectivity index (χ1) is 9.97. The highest BCUT2D eigenvalue weighted by Gasteiger charge is 2.06. The lowest BCUT2D eigenvalue weighted by Gasteiger charge is -2.11. The Labute approximate surface area is 132 Å². The van der Waals surface area contributed by atoms with E-state index in [0.717, 1.165) is 5.75 Å². The van der Waals surface area contributed by atoms with Crippen LogP contribution >= 0.6 is 15.9 Å². The van der Waals surface area contributed by atoms with Crippen molar-refractivity contribution in [1.82, 2.24) is 9.78 Å². The molecule has 6 heteroatoms. The van der Waals surface area contributed by atoms with Crippen LogP contribution in [0.2, 0.25) is 0 Å². The first-order valence-electron chi connectivity index (χ1n) is 6.64. The molecular formula is C15H18BrN3O2. The van der Waals surface area contributed by atoms with Gasteiger partial charge < -0.3 is 10.1 Å². The fourth-order valence-corrected chi connectivity index (χ4v) is 2.50. The van der Waals surface area contributed by atoms with Crippen molar-refractivity contribution >= 4 is 21.6 Å². The number of aromatic nitrogens is 2. The van der Waals surface area contributed by atoms with Gasteiger partial charge in [0, 0.05) is 13.6 Å². The van der Waals surface area contributed by atoms with Gasteiger partial charge in [-0.05, 0) is 53.0 Å². The summed E-state index contributed by atoms with van der Waals surface area (Å²) in [5.74, 6) is 0.857. The third-order valence-electron chi connectivity index (χ3n) is 2.96. The first kappa shape index (κ1) is 15.6. The van der Waals surface area contributed by atoms with Crippen LogP contribution in [0.1, 0.15) is 11.1 Å². The largest absolute Gasteiger partial charge is 0.492 e. The Bertz CT molecular complexity index is 678. The number of hydrogen-bond donors (Lipinski definition) is 1. The number of anilines is 1. The maximum atomic E-state index is 11.7. The summed E-state index contributed by atoms with van der Waals surface area (Å²) >= 11 is 3.27. The van der Waals surface area contributed by atoms with Crippen molar-refractivity contribution in [3.05, 3.63) is 50.3 Å². The SMILES string of the molecule is Cc1cc(C)cc(OCCNc2cnn(C)c(=O)c2Br)c1. The van der Waals surface area contributed by atoms with Crippen molar-refractivity contribution in [3.8, 4) is 5.75 Å². The van der Waals surface area contributed by atoms with Gasteiger partial charge in [-0.25, -0.2) is 4.68 Å². The van der Waals surface area contributed by atoms with Crippen LogP contribution in [-0.4, -0.2) is 22.9 Å². The van der Waals surface area contributed by atoms with Gasteiger partial charge in [0.2, 0.25) is 0 Å². The maximum absolute atomic E-state index is 11.7. The van der Waals surface area contributed by atoms with Gasteiger partial charge in [0.05, 0.1) is 11.9 Å². The quantitative estimate of drug-likeness (QED) is 0.841. The average Bonchev–Trinajstić information content (AvgIpc) is 2.42. The number of benzene rings is 1. The molecular weight excluding hydrogens is 334 g/mol. The Morgan fingerprint density at radius 2 is 1.95 bits per heavy atom. The van der Waals surface area contributed by atoms with E-state index in [2.05, 4.69) is 32.4 Å². The van der Waals surface area contributed by atoms with Crippen LogP contribution in [0.25, 0.3) is 0 Å². The minimum absolute atomic E-state index is 0.171. The molecule has 0 aliphatic rings. The highest BCUT2D eigenvalue weighted by atomic mass is 79.9. The molecule has 0 radical (unpaired) electrons. The third kappa shape index (κ3) is 4.07. The number of nitrogens with one attached hydrogen (secondary N) is 1. The summed E-state index contributed by atoms with van der Waals surface area (Å²) in [5, 5.41) is 7.10. The van der Waals surface area contributed by atoms with Crippen LogP contribution in [0.15, 0.2) is 33.7 Å². The monoisotopic (exact) mass is 351 g/mol. The fraction of sp³-hybridized carbons (Fsp3) is 0.333. The fourth-order valence-electron chi connectivity index (χ4n) is 2.00. The molecule has 0 spiro atoms. The first-order valence-corrected chi connectivity index (χ1v) is 7.43. The van der Waals surface area contributed by atoms with Crippen molar-refractivity contribution in [2.24, 2.45) is 7.05 Å². The van der Waals surface area contributed by atoms with E-state index in [1.165, 1.54) is 15.8 Å². The Kier molecular flexibility index (Phi) is 5.01. The van der Waals surface area contributed by atoms with Crippen LogP contribution < -0.4 is 15.6 Å². The molecule has 2 rings (SSSR count). The Morgan fingerprint density at radius 3 is 2.62 bits per heavy atom. The standard InChI is InChI=1S/C15H18BrN3O2/c1-10-6-11(2)8-12(7-10)21-5-4-17-13-9-18-19(3)15(20)14(13)16/h6-9,17H,4-5H2,1-3H3. The molecule has 0 bridgehead atoms. The molecule has 21 heavy (non-hydrogen) atoms. The lowest BCUT2D eigenvalue weighted by molar-refractivity contribution is 0.332. The van der Waals surface area contributed by atoms with E-state index in [4.69, 9.17) is 4.74 Å². The van der Waals surface area contributed by atoms with Crippen molar-refractivity contribution < 1.29 is 4.74 Å². The molecule has 0 saturated carbocycles. The van der Waals surface area contributed by atoms with Crippen LogP contribution in [0.5, 0.6) is 5.75 Å². The van der Waals surface area contributed by atoms with Gasteiger partial charge in [-0.3, -0.25) is 4.79 Å². The zero-order valence-corrected chi connectivity index (χ0v) is 13.9. The van der Waals surface area contributed by atoms with Gasteiger partial charge >= 0.3 is 0 Å². The number of ether oxygens (including phenoxy) is 1. The molecule has 1 aromatic carbocycles. The van der Waals surface area contributed by atoms with Crippen molar-refractivity contribution in [1.29, 1.82) is 0 Å². The van der Waals surface area contributed by atoms with Crippen molar-refractivity contribution in [3.63, 3.8) is 0 Å². The minimum atomic E-state index is -0.171. The lowest BCUT2D eigenvalue weighted by Crippen LogP contribution is -2.22. The number of aryl methyl sites for hydroxylation is 3. The second-order valence-corrected chi connectivity index (χ2v) is 5.69. The molecule has 0 amide bonds. The summed E-state index contributed by atoms with van der Waals surface area (Å²) in [6, 6.07) is 6.11. The molecule has 1 aromatic heterocycles. The Balaban J connectivity index is 1.90. The van der Waals surface area contributed by atoms with Crippen LogP contribution in [0, 0.1) is 13.8 Å². The van der Waals surface area contributed by atoms with Crippen LogP contribution in [0.3, 0.4) is 0 Å². The number of hydrogen-bond acceptors (Lipinski definition) is 4. The lowest BCUT2D eigenvalue weighted by atomic mass is 10.1. The molecule has 0 fully saturated rings. The summed E-state index contributed by atoms with van der Waals surface area (Å²) < 4.78 is 7.46. The van der Waals surface area contributed by atoms with E-state index in [-0.39, 0.29) is 5.56 Å². The summed E-state index contributed by atoms with van der Waals surface area (Å²) in [6.07, 6.45) is 1.61. The molecule has 112 valence electrons. The number of nitrogens with zero attached hydrogens (tertiary/aromatic N) is 2. The van der Waals surface area contributed by atoms with E-state index in [0.29, 0.717) is 23.3 Å². The predicted octanol–water partition coefficient (Wildman–Crippen LogP) is 2.65. The zero-order chi connectivity index (χ0) is 15.4. The third-order valence-corrected chi connectivity index (χ3v) is 3.73. The van der Waals surface area contributed by atoms with E-state index >= 15 is 0 Å². The highest BCUT2D eigenvalue weighted by molar-refractivity contribution is 9.10. The Hall–Kier alpha value is -1.82. The second-order valence-electron chi connectivity index (χ2n) is 4.90. The van der Waals surface area contributed by atoms with Gasteiger partial charge in [-0.1, -0.05) is 6.07 Å². The van der Waals surface area contributed by atoms with Gasteiger partial charge in [0.15, 0.2) is 0 Å². The van der Waals surface area contributed by atoms with E-state index < -0.39 is 0 Å². The summed E-state index contributed by atoms with van der Waals surface area (Å²) in [7, 11) is 1.61. The van der Waals surface area contributed by atoms with E-state index in [1.807, 2.05) is 26.0 Å². The van der Waals surface area contributed by atoms with Gasteiger partial charge in [0.25, 0.3) is 5.56 Å². The molecule has 0 unspecified atom stereocenters. The van der Waals surface area contributed by atoms with Gasteiger partial charge in [0.1, 0.15) is 16.8 Å². The molecule has 2 aromatic rings. The minimum Gasteiger partial charge on any atom is -0.492 e. The second kappa shape index (κ2) is 6.76. The zero-order valence-electron chi connectivity index (χ0n) is 12.3. The smallest absolute Gasteiger partial charge is 0.282 e. The Morgan fingerprint density at radius 1 is 1.29 bits per heavy atom. The molecule has 0 saturated heterocycles. The summed E-state index contributed by atoms with van der Waals surface area (Å²) in [6.45, 7) is 5.17. The van der Waals surface area contributed by atoms with E-state index in [9.17, 15) is 4.79 Å². The van der Waals surface area contributed by atoms with Gasteiger partial charge in [-0.2, -0.15) is 5.10 Å². The number of halogens is 1. The molecule has 0 aliphatic heterocycles. The maximum Gasteiger partial charge on any atom is 0.282 e. The van der Waals surface area contributed by atoms with Crippen molar-refractivity contribution in [2.75, 3.05) is 18.5 Å². The van der Waals surface area contributed by atoms with Crippen molar-refractivity contribution in [2.45, 2.75) is 13.8 Å². The van der Waals surface area contributed by atoms with Crippen LogP contribution in [0.4, 0.5) is 5.69 Å². The van der Waals surface area contributed by atoms with Crippen LogP contribution in [-0.2, 0) is 7.05 Å². The highest BCUT2D eigenvalue weighted by Crippen LogP contribution is 2.17. The molecule has 1 N–H and O–H groups in total. The molecule has 1 heterocycles. The van der Waals surface area contributed by atoms with Gasteiger partial charge in [-0.15, -0.1) is 0 Å². The normalized spacial score (nSPS) is 10.5. The average molecular weight is 352 g/mol. The molecule has 0 atom stereocenters. The number of rotatable bonds is 5. The topological polar surface area (TPSA) is 56.1 Å².